The molecule has 0 aliphatic heterocycles. The zero-order valence-corrected chi connectivity index (χ0v) is 12.0. The second-order valence-corrected chi connectivity index (χ2v) is 5.33. The summed E-state index contributed by atoms with van der Waals surface area (Å²) in [6.07, 6.45) is 0. The summed E-state index contributed by atoms with van der Waals surface area (Å²) >= 11 is 1.56. The van der Waals surface area contributed by atoms with Crippen molar-refractivity contribution < 1.29 is 9.18 Å². The molecule has 6 heteroatoms. The molecule has 4 nitrogen and oxygen atoms in total. The molecule has 2 heterocycles. The van der Waals surface area contributed by atoms with Gasteiger partial charge in [0.25, 0.3) is 5.91 Å². The average molecular weight is 301 g/mol. The van der Waals surface area contributed by atoms with Gasteiger partial charge in [0.05, 0.1) is 11.4 Å². The number of thiophene rings is 1. The summed E-state index contributed by atoms with van der Waals surface area (Å²) in [5.74, 6) is -0.666. The molecule has 0 saturated carbocycles. The van der Waals surface area contributed by atoms with Gasteiger partial charge in [0.2, 0.25) is 0 Å². The summed E-state index contributed by atoms with van der Waals surface area (Å²) in [7, 11) is 0. The van der Waals surface area contributed by atoms with Crippen LogP contribution in [0.3, 0.4) is 0 Å². The number of nitrogens with zero attached hydrogens (tertiary/aromatic N) is 1. The second-order valence-electron chi connectivity index (χ2n) is 4.55. The Labute approximate surface area is 124 Å². The maximum Gasteiger partial charge on any atom is 0.255 e. The van der Waals surface area contributed by atoms with Gasteiger partial charge in [0.15, 0.2) is 0 Å². The number of H-pyrrole nitrogens is 1. The quantitative estimate of drug-likeness (QED) is 0.772. The minimum atomic E-state index is -0.370. The molecule has 106 valence electrons. The third kappa shape index (κ3) is 2.71. The highest BCUT2D eigenvalue weighted by atomic mass is 32.1. The third-order valence-electron chi connectivity index (χ3n) is 3.09. The smallest absolute Gasteiger partial charge is 0.255 e. The van der Waals surface area contributed by atoms with Gasteiger partial charge in [-0.05, 0) is 42.6 Å². The minimum absolute atomic E-state index is 0.295. The highest BCUT2D eigenvalue weighted by Gasteiger charge is 2.16. The van der Waals surface area contributed by atoms with Crippen LogP contribution < -0.4 is 5.32 Å². The molecular formula is C15H12FN3OS. The van der Waals surface area contributed by atoms with Crippen LogP contribution in [0.1, 0.15) is 16.1 Å². The molecule has 0 fully saturated rings. The number of rotatable bonds is 3. The van der Waals surface area contributed by atoms with Crippen molar-refractivity contribution in [1.82, 2.24) is 10.2 Å². The molecule has 0 spiro atoms. The molecule has 21 heavy (non-hydrogen) atoms. The van der Waals surface area contributed by atoms with E-state index in [2.05, 4.69) is 15.5 Å². The van der Waals surface area contributed by atoms with Gasteiger partial charge < -0.3 is 5.32 Å². The van der Waals surface area contributed by atoms with Gasteiger partial charge in [-0.1, -0.05) is 0 Å². The number of aromatic amines is 1. The molecule has 3 aromatic rings. The first-order valence-corrected chi connectivity index (χ1v) is 7.24. The van der Waals surface area contributed by atoms with Gasteiger partial charge in [0, 0.05) is 16.5 Å². The van der Waals surface area contributed by atoms with Crippen LogP contribution in [0.4, 0.5) is 10.1 Å². The van der Waals surface area contributed by atoms with Crippen LogP contribution in [0.5, 0.6) is 0 Å². The number of carbonyl (C=O) groups is 1. The van der Waals surface area contributed by atoms with Crippen molar-refractivity contribution in [3.63, 3.8) is 0 Å². The van der Waals surface area contributed by atoms with E-state index < -0.39 is 0 Å². The van der Waals surface area contributed by atoms with Gasteiger partial charge in [-0.2, -0.15) is 16.4 Å². The van der Waals surface area contributed by atoms with Gasteiger partial charge >= 0.3 is 0 Å². The Morgan fingerprint density at radius 3 is 2.71 bits per heavy atom. The monoisotopic (exact) mass is 301 g/mol. The Morgan fingerprint density at radius 2 is 2.05 bits per heavy atom. The van der Waals surface area contributed by atoms with Crippen molar-refractivity contribution in [2.24, 2.45) is 0 Å². The van der Waals surface area contributed by atoms with E-state index in [4.69, 9.17) is 0 Å². The zero-order valence-electron chi connectivity index (χ0n) is 11.2. The van der Waals surface area contributed by atoms with Crippen molar-refractivity contribution >= 4 is 22.9 Å². The van der Waals surface area contributed by atoms with E-state index in [-0.39, 0.29) is 11.7 Å². The Hall–Kier alpha value is -2.47. The molecular weight excluding hydrogens is 289 g/mol. The lowest BCUT2D eigenvalue weighted by atomic mass is 10.1. The summed E-state index contributed by atoms with van der Waals surface area (Å²) in [5, 5.41) is 13.8. The number of carbonyl (C=O) groups excluding carboxylic acids is 1. The van der Waals surface area contributed by atoms with Crippen LogP contribution in [0.15, 0.2) is 41.1 Å². The summed E-state index contributed by atoms with van der Waals surface area (Å²) in [4.78, 5) is 12.2. The molecule has 0 unspecified atom stereocenters. The van der Waals surface area contributed by atoms with E-state index >= 15 is 0 Å². The van der Waals surface area contributed by atoms with Crippen molar-refractivity contribution in [3.05, 3.63) is 58.2 Å². The lowest BCUT2D eigenvalue weighted by Crippen LogP contribution is -2.12. The lowest BCUT2D eigenvalue weighted by Gasteiger charge is -2.06. The molecule has 0 saturated heterocycles. The van der Waals surface area contributed by atoms with Gasteiger partial charge in [-0.25, -0.2) is 4.39 Å². The van der Waals surface area contributed by atoms with Gasteiger partial charge in [-0.3, -0.25) is 9.89 Å². The molecule has 3 rings (SSSR count). The summed E-state index contributed by atoms with van der Waals surface area (Å²) in [6.45, 7) is 1.84. The van der Waals surface area contributed by atoms with E-state index in [1.54, 1.807) is 11.3 Å². The molecule has 1 aromatic carbocycles. The molecule has 0 radical (unpaired) electrons. The Balaban J connectivity index is 1.90. The van der Waals surface area contributed by atoms with Crippen LogP contribution in [0, 0.1) is 12.7 Å². The largest absolute Gasteiger partial charge is 0.319 e. The Kier molecular flexibility index (Phi) is 3.53. The first-order valence-electron chi connectivity index (χ1n) is 6.29. The predicted molar refractivity (Wildman–Crippen MR) is 81.0 cm³/mol. The number of halogens is 1. The predicted octanol–water partition coefficient (Wildman–Crippen LogP) is 3.84. The number of aromatic nitrogens is 2. The molecule has 0 bridgehead atoms. The van der Waals surface area contributed by atoms with Gasteiger partial charge in [-0.15, -0.1) is 0 Å². The fourth-order valence-corrected chi connectivity index (χ4v) is 2.62. The zero-order chi connectivity index (χ0) is 14.8. The number of nitrogens with one attached hydrogen (secondary N) is 2. The number of hydrogen-bond acceptors (Lipinski definition) is 3. The Bertz CT molecular complexity index is 763. The van der Waals surface area contributed by atoms with Gasteiger partial charge in [0.1, 0.15) is 11.5 Å². The van der Waals surface area contributed by atoms with Crippen LogP contribution >= 0.6 is 11.3 Å². The average Bonchev–Trinajstić information content (AvgIpc) is 3.10. The lowest BCUT2D eigenvalue weighted by molar-refractivity contribution is 0.102. The maximum absolute atomic E-state index is 12.9. The number of anilines is 1. The molecule has 2 aromatic heterocycles. The van der Waals surface area contributed by atoms with Crippen LogP contribution in [0.2, 0.25) is 0 Å². The first-order chi connectivity index (χ1) is 10.1. The molecule has 0 aliphatic carbocycles. The number of aryl methyl sites for hydroxylation is 1. The second kappa shape index (κ2) is 5.49. The normalized spacial score (nSPS) is 10.6. The van der Waals surface area contributed by atoms with E-state index in [0.29, 0.717) is 16.9 Å². The minimum Gasteiger partial charge on any atom is -0.319 e. The van der Waals surface area contributed by atoms with E-state index in [1.807, 2.05) is 23.8 Å². The SMILES string of the molecule is Cc1[nH]nc(-c2ccsc2)c1NC(=O)c1ccc(F)cc1. The van der Waals surface area contributed by atoms with Crippen molar-refractivity contribution in [3.8, 4) is 11.3 Å². The highest BCUT2D eigenvalue weighted by molar-refractivity contribution is 7.08. The number of amides is 1. The number of hydrogen-bond donors (Lipinski definition) is 2. The van der Waals surface area contributed by atoms with Crippen molar-refractivity contribution in [2.45, 2.75) is 6.92 Å². The molecule has 0 atom stereocenters. The van der Waals surface area contributed by atoms with E-state index in [0.717, 1.165) is 11.3 Å². The summed E-state index contributed by atoms with van der Waals surface area (Å²) in [6, 6.07) is 7.36. The fraction of sp³-hybridized carbons (Fsp3) is 0.0667. The van der Waals surface area contributed by atoms with Crippen molar-refractivity contribution in [2.75, 3.05) is 5.32 Å². The molecule has 0 aliphatic rings. The fourth-order valence-electron chi connectivity index (χ4n) is 1.98. The van der Waals surface area contributed by atoms with E-state index in [1.165, 1.54) is 24.3 Å². The van der Waals surface area contributed by atoms with Crippen molar-refractivity contribution in [1.29, 1.82) is 0 Å². The van der Waals surface area contributed by atoms with Crippen LogP contribution in [0.25, 0.3) is 11.3 Å². The van der Waals surface area contributed by atoms with Crippen LogP contribution in [-0.4, -0.2) is 16.1 Å². The molecule has 2 N–H and O–H groups in total. The Morgan fingerprint density at radius 1 is 1.29 bits per heavy atom. The topological polar surface area (TPSA) is 57.8 Å². The van der Waals surface area contributed by atoms with Crippen LogP contribution in [-0.2, 0) is 0 Å². The molecule has 1 amide bonds. The summed E-state index contributed by atoms with van der Waals surface area (Å²) < 4.78 is 12.9. The highest BCUT2D eigenvalue weighted by Crippen LogP contribution is 2.30. The third-order valence-corrected chi connectivity index (χ3v) is 3.77. The first kappa shape index (κ1) is 13.5. The van der Waals surface area contributed by atoms with E-state index in [9.17, 15) is 9.18 Å². The standard InChI is InChI=1S/C15H12FN3OS/c1-9-13(14(19-18-9)11-6-7-21-8-11)17-15(20)10-2-4-12(16)5-3-10/h2-8H,1H3,(H,17,20)(H,18,19). The maximum atomic E-state index is 12.9. The number of benzene rings is 1. The summed E-state index contributed by atoms with van der Waals surface area (Å²) in [5.41, 5.74) is 3.45.